The van der Waals surface area contributed by atoms with Gasteiger partial charge < -0.3 is 49.9 Å². The third-order valence-corrected chi connectivity index (χ3v) is 18.5. The number of aromatic nitrogens is 4. The summed E-state index contributed by atoms with van der Waals surface area (Å²) >= 11 is 7.56. The molecule has 4 amide bonds. The summed E-state index contributed by atoms with van der Waals surface area (Å²) in [4.78, 5) is 140. The quantitative estimate of drug-likeness (QED) is 0.0257. The maximum absolute atomic E-state index is 13.9. The van der Waals surface area contributed by atoms with Crippen LogP contribution in [0.2, 0.25) is 0 Å². The topological polar surface area (TPSA) is 323 Å². The average Bonchev–Trinajstić information content (AvgIpc) is 1.82. The number of carbonyl (C=O) groups is 8. The Morgan fingerprint density at radius 1 is 0.614 bits per heavy atom. The Labute approximate surface area is 499 Å². The van der Waals surface area contributed by atoms with Crippen LogP contribution in [0.3, 0.4) is 0 Å². The molecule has 4 aliphatic rings. The molecular formula is C51H56N12O14S6. The molecule has 4 aromatic heterocycles. The number of aryl methyl sites for hydroxylation is 2. The molecule has 83 heavy (non-hydrogen) atoms. The Kier molecular flexibility index (Phi) is 19.6. The van der Waals surface area contributed by atoms with E-state index < -0.39 is 94.8 Å². The number of rotatable bonds is 22. The fourth-order valence-electron chi connectivity index (χ4n) is 7.78. The van der Waals surface area contributed by atoms with Gasteiger partial charge in [-0.1, -0.05) is 45.1 Å². The van der Waals surface area contributed by atoms with Gasteiger partial charge in [0.2, 0.25) is 13.6 Å². The standard InChI is InChI=1S/C51H56N12O14S6/c1-24-28(80-20-56-24)13-11-26-17-78-42-34(40(66)62(42)36(26)44(68)74-22-76-46(70)50(3,4)5)58-38(64)32(60-72-9)30-15-52-48(82-30)54-19-55-49-53-16-31(83-49)33(61-73-10)39(65)59-35-41(67)63-37(45(69)75-23-77-47(71)51(6,7)8)27(18-79-43(35)63)12-14-29-25(2)57-21-81-29/h11-16,20-21,34-35,42-43H,17-19,22-23H2,1-10H3,(H,52,54)(H,53,55)(H,58,64)(H,59,65)/b13-11+,14-12+,60-32+,61-33+/t34-,35-,42-,43-/m1/s1. The van der Waals surface area contributed by atoms with Crippen molar-refractivity contribution < 1.29 is 67.0 Å². The SMILES string of the molecule is CO/N=C(/C(=O)N[C@@H]1C(=O)N2C(C(=O)OCOC(=O)C(C)(C)C)=C(/C=C/c3scnc3C)CS[C@H]12)c1cnc(NCNc2ncc(/C(=N\OC)C(=O)N[C@@H]3C(=O)N4C(C(=O)OCOC(=O)C(C)(C)C)=C(/C=C/c5scnc5C)CS[C@H]34)s2)s1. The smallest absolute Gasteiger partial charge is 0.358 e. The van der Waals surface area contributed by atoms with Crippen molar-refractivity contribution in [1.29, 1.82) is 0 Å². The third kappa shape index (κ3) is 14.1. The van der Waals surface area contributed by atoms with Crippen LogP contribution in [0.25, 0.3) is 12.2 Å². The van der Waals surface area contributed by atoms with Gasteiger partial charge >= 0.3 is 23.9 Å². The summed E-state index contributed by atoms with van der Waals surface area (Å²) in [6.07, 6.45) is 9.78. The number of amides is 4. The molecule has 0 aromatic carbocycles. The number of nitrogens with one attached hydrogen (secondary N) is 4. The van der Waals surface area contributed by atoms with Gasteiger partial charge in [-0.15, -0.1) is 46.2 Å². The Morgan fingerprint density at radius 3 is 1.36 bits per heavy atom. The van der Waals surface area contributed by atoms with Gasteiger partial charge in [0.15, 0.2) is 21.7 Å². The van der Waals surface area contributed by atoms with Crippen LogP contribution in [-0.4, -0.2) is 157 Å². The van der Waals surface area contributed by atoms with E-state index in [0.717, 1.165) is 43.8 Å². The summed E-state index contributed by atoms with van der Waals surface area (Å²) in [5.74, 6) is -5.12. The first-order valence-electron chi connectivity index (χ1n) is 25.0. The molecule has 8 heterocycles. The van der Waals surface area contributed by atoms with Crippen LogP contribution in [0.1, 0.15) is 72.4 Å². The first-order chi connectivity index (χ1) is 39.5. The number of β-lactam (4-membered cyclic amide) rings is 2. The van der Waals surface area contributed by atoms with E-state index in [2.05, 4.69) is 51.5 Å². The van der Waals surface area contributed by atoms with Crippen LogP contribution < -0.4 is 21.3 Å². The first-order valence-corrected chi connectivity index (χ1v) is 30.4. The number of carbonyl (C=O) groups excluding carboxylic acids is 8. The van der Waals surface area contributed by atoms with Crippen molar-refractivity contribution in [1.82, 2.24) is 40.4 Å². The van der Waals surface area contributed by atoms with Crippen LogP contribution in [-0.2, 0) is 67.0 Å². The van der Waals surface area contributed by atoms with Crippen molar-refractivity contribution in [2.75, 3.05) is 56.6 Å². The van der Waals surface area contributed by atoms with E-state index in [1.807, 2.05) is 13.8 Å². The maximum Gasteiger partial charge on any atom is 0.358 e. The Bertz CT molecular complexity index is 3180. The zero-order valence-corrected chi connectivity index (χ0v) is 51.1. The number of oxime groups is 2. The molecule has 0 spiro atoms. The molecule has 0 bridgehead atoms. The number of ether oxygens (including phenoxy) is 4. The van der Waals surface area contributed by atoms with Gasteiger partial charge in [-0.25, -0.2) is 29.5 Å². The number of thioether (sulfide) groups is 2. The van der Waals surface area contributed by atoms with Crippen molar-refractivity contribution in [2.24, 2.45) is 21.1 Å². The van der Waals surface area contributed by atoms with E-state index in [-0.39, 0.29) is 50.7 Å². The van der Waals surface area contributed by atoms with Crippen LogP contribution >= 0.6 is 68.9 Å². The van der Waals surface area contributed by atoms with Gasteiger partial charge in [0, 0.05) is 33.7 Å². The van der Waals surface area contributed by atoms with E-state index in [4.69, 9.17) is 28.6 Å². The van der Waals surface area contributed by atoms with Gasteiger partial charge in [-0.05, 0) is 78.7 Å². The molecule has 0 aliphatic carbocycles. The third-order valence-electron chi connectivity index (χ3n) is 12.1. The minimum absolute atomic E-state index is 0.0512. The molecule has 8 rings (SSSR count). The van der Waals surface area contributed by atoms with Crippen LogP contribution in [0.15, 0.2) is 68.4 Å². The van der Waals surface area contributed by atoms with Crippen molar-refractivity contribution in [3.05, 3.63) is 89.0 Å². The summed E-state index contributed by atoms with van der Waals surface area (Å²) < 4.78 is 21.0. The number of hydrogen-bond acceptors (Lipinski definition) is 28. The summed E-state index contributed by atoms with van der Waals surface area (Å²) in [5, 5.41) is 18.8. The number of esters is 4. The van der Waals surface area contributed by atoms with Crippen molar-refractivity contribution in [3.63, 3.8) is 0 Å². The number of thiazole rings is 4. The number of anilines is 2. The molecule has 4 aliphatic heterocycles. The lowest BCUT2D eigenvalue weighted by atomic mass is 9.97. The predicted molar refractivity (Wildman–Crippen MR) is 312 cm³/mol. The zero-order valence-electron chi connectivity index (χ0n) is 46.2. The van der Waals surface area contributed by atoms with Gasteiger partial charge in [-0.2, -0.15) is 0 Å². The zero-order chi connectivity index (χ0) is 59.9. The lowest BCUT2D eigenvalue weighted by molar-refractivity contribution is -0.174. The Morgan fingerprint density at radius 2 is 1.01 bits per heavy atom. The Hall–Kier alpha value is -7.52. The average molecular weight is 1250 g/mol. The summed E-state index contributed by atoms with van der Waals surface area (Å²) in [6.45, 7) is 12.3. The summed E-state index contributed by atoms with van der Waals surface area (Å²) in [5.41, 5.74) is 3.74. The molecule has 0 unspecified atom stereocenters. The lowest BCUT2D eigenvalue weighted by Crippen LogP contribution is -2.71. The minimum Gasteiger partial charge on any atom is -0.427 e. The molecule has 2 saturated heterocycles. The molecule has 4 N–H and O–H groups in total. The Balaban J connectivity index is 0.867. The van der Waals surface area contributed by atoms with E-state index in [1.54, 1.807) is 76.9 Å². The van der Waals surface area contributed by atoms with E-state index in [1.165, 1.54) is 82.6 Å². The highest BCUT2D eigenvalue weighted by atomic mass is 32.2. The van der Waals surface area contributed by atoms with Gasteiger partial charge in [0.25, 0.3) is 23.6 Å². The molecule has 0 saturated carbocycles. The van der Waals surface area contributed by atoms with Crippen LogP contribution in [0.5, 0.6) is 0 Å². The molecule has 32 heteroatoms. The van der Waals surface area contributed by atoms with E-state index in [0.29, 0.717) is 21.4 Å². The molecule has 4 aromatic rings. The van der Waals surface area contributed by atoms with Crippen LogP contribution in [0.4, 0.5) is 10.3 Å². The molecular weight excluding hydrogens is 1200 g/mol. The molecule has 0 radical (unpaired) electrons. The molecule has 26 nitrogen and oxygen atoms in total. The first kappa shape index (κ1) is 61.5. The second-order valence-electron chi connectivity index (χ2n) is 20.0. The number of nitrogens with zero attached hydrogens (tertiary/aromatic N) is 8. The highest BCUT2D eigenvalue weighted by Crippen LogP contribution is 2.43. The van der Waals surface area contributed by atoms with Crippen molar-refractivity contribution >= 4 is 150 Å². The second kappa shape index (κ2) is 26.4. The monoisotopic (exact) mass is 1250 g/mol. The highest BCUT2D eigenvalue weighted by Gasteiger charge is 2.56. The normalized spacial score (nSPS) is 19.2. The van der Waals surface area contributed by atoms with E-state index in [9.17, 15) is 38.4 Å². The number of hydrogen-bond donors (Lipinski definition) is 4. The molecule has 2 fully saturated rings. The molecule has 440 valence electrons. The number of fused-ring (bicyclic) bond motifs is 2. The number of allylic oxidation sites excluding steroid dienone is 2. The summed E-state index contributed by atoms with van der Waals surface area (Å²) in [6, 6.07) is -2.15. The predicted octanol–water partition coefficient (Wildman–Crippen LogP) is 5.23. The van der Waals surface area contributed by atoms with Gasteiger partial charge in [0.1, 0.15) is 48.4 Å². The van der Waals surface area contributed by atoms with Crippen LogP contribution in [0, 0.1) is 24.7 Å². The minimum atomic E-state index is -1.07. The largest absolute Gasteiger partial charge is 0.427 e. The fourth-order valence-corrected chi connectivity index (χ4v) is 13.4. The van der Waals surface area contributed by atoms with Gasteiger partial charge in [0.05, 0.1) is 49.7 Å². The summed E-state index contributed by atoms with van der Waals surface area (Å²) in [7, 11) is 2.51. The second-order valence-corrected chi connectivity index (χ2v) is 26.1. The molecule has 4 atom stereocenters. The maximum atomic E-state index is 13.9. The van der Waals surface area contributed by atoms with Gasteiger partial charge in [-0.3, -0.25) is 38.6 Å². The fraction of sp³-hybridized carbons (Fsp3) is 0.412. The highest BCUT2D eigenvalue weighted by molar-refractivity contribution is 8.00. The van der Waals surface area contributed by atoms with Crippen molar-refractivity contribution in [2.45, 2.75) is 78.2 Å². The van der Waals surface area contributed by atoms with E-state index >= 15 is 0 Å². The lowest BCUT2D eigenvalue weighted by Gasteiger charge is -2.49. The van der Waals surface area contributed by atoms with Crippen molar-refractivity contribution in [3.8, 4) is 0 Å².